The summed E-state index contributed by atoms with van der Waals surface area (Å²) < 4.78 is 13.1. The lowest BCUT2D eigenvalue weighted by molar-refractivity contribution is 0.102. The summed E-state index contributed by atoms with van der Waals surface area (Å²) in [6, 6.07) is 9.38. The Labute approximate surface area is 128 Å². The van der Waals surface area contributed by atoms with E-state index in [1.807, 2.05) is 19.0 Å². The van der Waals surface area contributed by atoms with Crippen LogP contribution in [0.1, 0.15) is 15.9 Å². The first-order valence-electron chi connectivity index (χ1n) is 6.43. The number of halogens is 2. The molecule has 0 bridgehead atoms. The van der Waals surface area contributed by atoms with Crippen LogP contribution in [-0.2, 0) is 0 Å². The van der Waals surface area contributed by atoms with Crippen LogP contribution in [0.3, 0.4) is 0 Å². The summed E-state index contributed by atoms with van der Waals surface area (Å²) in [4.78, 5) is 14.2. The molecule has 3 nitrogen and oxygen atoms in total. The SMILES string of the molecule is Cc1cc(F)ccc1C(=O)Nc1cccc(Cl)c1N(C)C. The molecule has 0 fully saturated rings. The molecule has 2 aromatic carbocycles. The Bertz CT molecular complexity index is 686. The van der Waals surface area contributed by atoms with Crippen molar-refractivity contribution in [3.63, 3.8) is 0 Å². The van der Waals surface area contributed by atoms with E-state index in [-0.39, 0.29) is 11.7 Å². The summed E-state index contributed by atoms with van der Waals surface area (Å²) in [6.45, 7) is 1.70. The average Bonchev–Trinajstić information content (AvgIpc) is 2.37. The summed E-state index contributed by atoms with van der Waals surface area (Å²) >= 11 is 6.16. The maximum atomic E-state index is 13.1. The molecular formula is C16H16ClFN2O. The Kier molecular flexibility index (Phi) is 4.48. The van der Waals surface area contributed by atoms with Crippen molar-refractivity contribution in [2.45, 2.75) is 6.92 Å². The molecule has 0 saturated carbocycles. The largest absolute Gasteiger partial charge is 0.375 e. The number of rotatable bonds is 3. The molecule has 0 atom stereocenters. The Morgan fingerprint density at radius 1 is 1.24 bits per heavy atom. The van der Waals surface area contributed by atoms with Gasteiger partial charge in [-0.1, -0.05) is 17.7 Å². The van der Waals surface area contributed by atoms with Crippen LogP contribution in [0, 0.1) is 12.7 Å². The van der Waals surface area contributed by atoms with Crippen molar-refractivity contribution in [1.29, 1.82) is 0 Å². The Balaban J connectivity index is 2.34. The number of carbonyl (C=O) groups is 1. The summed E-state index contributed by atoms with van der Waals surface area (Å²) in [7, 11) is 3.69. The van der Waals surface area contributed by atoms with E-state index in [0.29, 0.717) is 21.8 Å². The fraction of sp³-hybridized carbons (Fsp3) is 0.188. The van der Waals surface area contributed by atoms with E-state index in [0.717, 1.165) is 5.69 Å². The molecule has 110 valence electrons. The highest BCUT2D eigenvalue weighted by atomic mass is 35.5. The van der Waals surface area contributed by atoms with Gasteiger partial charge in [0.1, 0.15) is 5.82 Å². The molecule has 5 heteroatoms. The number of carbonyl (C=O) groups excluding carboxylic acids is 1. The quantitative estimate of drug-likeness (QED) is 0.925. The van der Waals surface area contributed by atoms with E-state index in [2.05, 4.69) is 5.32 Å². The zero-order chi connectivity index (χ0) is 15.6. The van der Waals surface area contributed by atoms with Crippen LogP contribution in [0.2, 0.25) is 5.02 Å². The predicted octanol–water partition coefficient (Wildman–Crippen LogP) is 4.11. The van der Waals surface area contributed by atoms with Gasteiger partial charge in [0.05, 0.1) is 16.4 Å². The third kappa shape index (κ3) is 3.34. The fourth-order valence-corrected chi connectivity index (χ4v) is 2.49. The normalized spacial score (nSPS) is 10.3. The smallest absolute Gasteiger partial charge is 0.255 e. The number of nitrogens with one attached hydrogen (secondary N) is 1. The molecule has 0 unspecified atom stereocenters. The van der Waals surface area contributed by atoms with Gasteiger partial charge in [0.15, 0.2) is 0 Å². The molecule has 1 N–H and O–H groups in total. The molecule has 0 aromatic heterocycles. The molecular weight excluding hydrogens is 291 g/mol. The third-order valence-electron chi connectivity index (χ3n) is 3.12. The van der Waals surface area contributed by atoms with Crippen molar-refractivity contribution < 1.29 is 9.18 Å². The first kappa shape index (κ1) is 15.3. The van der Waals surface area contributed by atoms with Crippen LogP contribution < -0.4 is 10.2 Å². The van der Waals surface area contributed by atoms with Crippen LogP contribution in [0.4, 0.5) is 15.8 Å². The lowest BCUT2D eigenvalue weighted by Gasteiger charge is -2.19. The number of para-hydroxylation sites is 1. The van der Waals surface area contributed by atoms with Crippen molar-refractivity contribution in [2.24, 2.45) is 0 Å². The molecule has 0 aliphatic carbocycles. The van der Waals surface area contributed by atoms with Gasteiger partial charge in [-0.2, -0.15) is 0 Å². The topological polar surface area (TPSA) is 32.3 Å². The number of hydrogen-bond donors (Lipinski definition) is 1. The molecule has 0 saturated heterocycles. The van der Waals surface area contributed by atoms with Gasteiger partial charge in [0, 0.05) is 19.7 Å². The van der Waals surface area contributed by atoms with E-state index < -0.39 is 0 Å². The standard InChI is InChI=1S/C16H16ClFN2O/c1-10-9-11(18)7-8-12(10)16(21)19-14-6-4-5-13(17)15(14)20(2)3/h4-9H,1-3H3,(H,19,21). The van der Waals surface area contributed by atoms with Crippen LogP contribution in [0.5, 0.6) is 0 Å². The number of anilines is 2. The Morgan fingerprint density at radius 2 is 1.95 bits per heavy atom. The highest BCUT2D eigenvalue weighted by Crippen LogP contribution is 2.32. The molecule has 2 rings (SSSR count). The van der Waals surface area contributed by atoms with E-state index in [1.165, 1.54) is 18.2 Å². The van der Waals surface area contributed by atoms with E-state index in [4.69, 9.17) is 11.6 Å². The second kappa shape index (κ2) is 6.14. The molecule has 2 aromatic rings. The highest BCUT2D eigenvalue weighted by Gasteiger charge is 2.14. The van der Waals surface area contributed by atoms with Gasteiger partial charge >= 0.3 is 0 Å². The lowest BCUT2D eigenvalue weighted by Crippen LogP contribution is -2.17. The van der Waals surface area contributed by atoms with Gasteiger partial charge in [0.2, 0.25) is 0 Å². The van der Waals surface area contributed by atoms with Crippen molar-refractivity contribution in [3.8, 4) is 0 Å². The molecule has 0 spiro atoms. The van der Waals surface area contributed by atoms with Crippen molar-refractivity contribution in [3.05, 3.63) is 58.4 Å². The average molecular weight is 307 g/mol. The van der Waals surface area contributed by atoms with Gasteiger partial charge in [0.25, 0.3) is 5.91 Å². The molecule has 0 heterocycles. The van der Waals surface area contributed by atoms with Crippen LogP contribution in [0.15, 0.2) is 36.4 Å². The fourth-order valence-electron chi connectivity index (χ4n) is 2.14. The Hall–Kier alpha value is -2.07. The maximum absolute atomic E-state index is 13.1. The second-order valence-electron chi connectivity index (χ2n) is 4.94. The van der Waals surface area contributed by atoms with Gasteiger partial charge < -0.3 is 10.2 Å². The summed E-state index contributed by atoms with van der Waals surface area (Å²) in [5.41, 5.74) is 2.36. The number of hydrogen-bond acceptors (Lipinski definition) is 2. The zero-order valence-corrected chi connectivity index (χ0v) is 12.8. The number of amides is 1. The number of nitrogens with zero attached hydrogens (tertiary/aromatic N) is 1. The number of aryl methyl sites for hydroxylation is 1. The summed E-state index contributed by atoms with van der Waals surface area (Å²) in [6.07, 6.45) is 0. The van der Waals surface area contributed by atoms with Gasteiger partial charge in [-0.15, -0.1) is 0 Å². The van der Waals surface area contributed by atoms with E-state index in [9.17, 15) is 9.18 Å². The summed E-state index contributed by atoms with van der Waals surface area (Å²) in [5, 5.41) is 3.37. The van der Waals surface area contributed by atoms with Crippen LogP contribution in [-0.4, -0.2) is 20.0 Å². The summed E-state index contributed by atoms with van der Waals surface area (Å²) in [5.74, 6) is -0.654. The minimum Gasteiger partial charge on any atom is -0.375 e. The lowest BCUT2D eigenvalue weighted by atomic mass is 10.1. The van der Waals surface area contributed by atoms with E-state index in [1.54, 1.807) is 25.1 Å². The predicted molar refractivity (Wildman–Crippen MR) is 84.9 cm³/mol. The van der Waals surface area contributed by atoms with Crippen molar-refractivity contribution >= 4 is 28.9 Å². The zero-order valence-electron chi connectivity index (χ0n) is 12.1. The van der Waals surface area contributed by atoms with Gasteiger partial charge in [-0.25, -0.2) is 4.39 Å². The molecule has 0 aliphatic heterocycles. The van der Waals surface area contributed by atoms with Crippen molar-refractivity contribution in [1.82, 2.24) is 0 Å². The van der Waals surface area contributed by atoms with Crippen LogP contribution in [0.25, 0.3) is 0 Å². The first-order chi connectivity index (χ1) is 9.90. The monoisotopic (exact) mass is 306 g/mol. The first-order valence-corrected chi connectivity index (χ1v) is 6.81. The maximum Gasteiger partial charge on any atom is 0.255 e. The van der Waals surface area contributed by atoms with Crippen molar-refractivity contribution in [2.75, 3.05) is 24.3 Å². The molecule has 21 heavy (non-hydrogen) atoms. The molecule has 1 amide bonds. The highest BCUT2D eigenvalue weighted by molar-refractivity contribution is 6.34. The van der Waals surface area contributed by atoms with Gasteiger partial charge in [-0.05, 0) is 42.8 Å². The minimum atomic E-state index is -0.360. The minimum absolute atomic E-state index is 0.294. The molecule has 0 radical (unpaired) electrons. The van der Waals surface area contributed by atoms with Crippen LogP contribution >= 0.6 is 11.6 Å². The molecule has 0 aliphatic rings. The Morgan fingerprint density at radius 3 is 2.57 bits per heavy atom. The second-order valence-corrected chi connectivity index (χ2v) is 5.35. The van der Waals surface area contributed by atoms with Gasteiger partial charge in [-0.3, -0.25) is 4.79 Å². The number of benzene rings is 2. The third-order valence-corrected chi connectivity index (χ3v) is 3.42. The van der Waals surface area contributed by atoms with E-state index >= 15 is 0 Å².